The lowest BCUT2D eigenvalue weighted by atomic mass is 9.54. The molecule has 17 heavy (non-hydrogen) atoms. The highest BCUT2D eigenvalue weighted by Crippen LogP contribution is 2.58. The van der Waals surface area contributed by atoms with Crippen LogP contribution in [0.15, 0.2) is 6.07 Å². The Labute approximate surface area is 106 Å². The first-order valence-corrected chi connectivity index (χ1v) is 7.09. The Morgan fingerprint density at radius 2 is 1.71 bits per heavy atom. The fourth-order valence-electron chi connectivity index (χ4n) is 4.89. The van der Waals surface area contributed by atoms with Crippen molar-refractivity contribution in [2.45, 2.75) is 38.1 Å². The zero-order chi connectivity index (χ0) is 11.6. The minimum Gasteiger partial charge on any atom is -0.382 e. The molecule has 0 amide bonds. The third kappa shape index (κ3) is 1.44. The summed E-state index contributed by atoms with van der Waals surface area (Å²) in [5, 5.41) is 5.14. The molecule has 3 nitrogen and oxygen atoms in total. The van der Waals surface area contributed by atoms with Crippen LogP contribution >= 0.6 is 11.6 Å². The molecular weight excluding hydrogens is 234 g/mol. The van der Waals surface area contributed by atoms with Gasteiger partial charge in [0.15, 0.2) is 0 Å². The second-order valence-electron chi connectivity index (χ2n) is 6.26. The van der Waals surface area contributed by atoms with E-state index in [1.807, 2.05) is 4.68 Å². The normalized spacial score (nSPS) is 43.2. The molecule has 1 aromatic heterocycles. The number of nitrogen functional groups attached to an aromatic ring is 1. The van der Waals surface area contributed by atoms with E-state index in [9.17, 15) is 0 Å². The van der Waals surface area contributed by atoms with E-state index in [-0.39, 0.29) is 0 Å². The van der Waals surface area contributed by atoms with Crippen molar-refractivity contribution in [3.8, 4) is 0 Å². The van der Waals surface area contributed by atoms with Gasteiger partial charge in [0.25, 0.3) is 0 Å². The molecular formula is C13H18ClN3. The lowest BCUT2D eigenvalue weighted by Crippen LogP contribution is -2.46. The maximum Gasteiger partial charge on any atom is 0.147 e. The van der Waals surface area contributed by atoms with Crippen LogP contribution in [0, 0.1) is 23.7 Å². The summed E-state index contributed by atoms with van der Waals surface area (Å²) in [5.74, 6) is 4.12. The zero-order valence-corrected chi connectivity index (χ0v) is 10.6. The molecule has 0 saturated heterocycles. The summed E-state index contributed by atoms with van der Waals surface area (Å²) in [6.45, 7) is 0. The molecule has 0 unspecified atom stereocenters. The molecule has 2 N–H and O–H groups in total. The monoisotopic (exact) mass is 251 g/mol. The summed E-state index contributed by atoms with van der Waals surface area (Å²) in [6.07, 6.45) is 7.01. The first-order chi connectivity index (χ1) is 8.20. The third-order valence-electron chi connectivity index (χ3n) is 5.17. The average Bonchev–Trinajstić information content (AvgIpc) is 2.56. The van der Waals surface area contributed by atoms with Crippen molar-refractivity contribution in [2.24, 2.45) is 23.7 Å². The van der Waals surface area contributed by atoms with Gasteiger partial charge in [-0.3, -0.25) is 0 Å². The molecule has 1 aromatic rings. The summed E-state index contributed by atoms with van der Waals surface area (Å²) < 4.78 is 2.02. The fourth-order valence-corrected chi connectivity index (χ4v) is 5.16. The Morgan fingerprint density at radius 1 is 1.12 bits per heavy atom. The first-order valence-electron chi connectivity index (χ1n) is 6.71. The van der Waals surface area contributed by atoms with Crippen molar-refractivity contribution in [3.05, 3.63) is 11.2 Å². The zero-order valence-electron chi connectivity index (χ0n) is 9.85. The summed E-state index contributed by atoms with van der Waals surface area (Å²) in [4.78, 5) is 0. The Morgan fingerprint density at radius 3 is 2.18 bits per heavy atom. The largest absolute Gasteiger partial charge is 0.382 e. The van der Waals surface area contributed by atoms with Crippen molar-refractivity contribution < 1.29 is 0 Å². The lowest BCUT2D eigenvalue weighted by Gasteiger charge is -2.54. The number of halogens is 1. The molecule has 1 heterocycles. The number of nitrogens with two attached hydrogens (primary N) is 1. The third-order valence-corrected chi connectivity index (χ3v) is 5.45. The first kappa shape index (κ1) is 10.2. The highest BCUT2D eigenvalue weighted by atomic mass is 35.5. The van der Waals surface area contributed by atoms with Crippen LogP contribution in [0.1, 0.15) is 38.1 Å². The Kier molecular flexibility index (Phi) is 2.05. The molecule has 4 heteroatoms. The molecule has 0 aromatic carbocycles. The predicted molar refractivity (Wildman–Crippen MR) is 67.7 cm³/mol. The maximum atomic E-state index is 6.26. The number of aromatic nitrogens is 2. The van der Waals surface area contributed by atoms with Crippen LogP contribution in [0.25, 0.3) is 0 Å². The maximum absolute atomic E-state index is 6.26. The summed E-state index contributed by atoms with van der Waals surface area (Å²) in [5.41, 5.74) is 5.76. The van der Waals surface area contributed by atoms with Gasteiger partial charge in [-0.1, -0.05) is 11.6 Å². The minimum atomic E-state index is 0.521. The van der Waals surface area contributed by atoms with Crippen molar-refractivity contribution in [1.29, 1.82) is 0 Å². The molecule has 4 aliphatic carbocycles. The van der Waals surface area contributed by atoms with Crippen molar-refractivity contribution >= 4 is 17.4 Å². The predicted octanol–water partition coefficient (Wildman–Crippen LogP) is 3.12. The smallest absolute Gasteiger partial charge is 0.147 e. The highest BCUT2D eigenvalue weighted by molar-refractivity contribution is 6.29. The van der Waals surface area contributed by atoms with Crippen LogP contribution in [-0.2, 0) is 0 Å². The Hall–Kier alpha value is -0.700. The summed E-state index contributed by atoms with van der Waals surface area (Å²) in [6, 6.07) is 2.31. The standard InChI is InChI=1S/C13H18ClN3/c14-11-6-12(15)16-17(11)13-9-2-7-1-8(4-9)5-10(13)3-7/h6-10,13H,1-5H2,(H2,15,16). The van der Waals surface area contributed by atoms with Gasteiger partial charge in [-0.25, -0.2) is 4.68 Å². The molecule has 0 radical (unpaired) electrons. The second-order valence-corrected chi connectivity index (χ2v) is 6.65. The number of hydrogen-bond acceptors (Lipinski definition) is 2. The number of nitrogens with zero attached hydrogens (tertiary/aromatic N) is 2. The van der Waals surface area contributed by atoms with Crippen LogP contribution in [0.4, 0.5) is 5.82 Å². The molecule has 4 bridgehead atoms. The van der Waals surface area contributed by atoms with Gasteiger partial charge in [-0.05, 0) is 55.8 Å². The SMILES string of the molecule is Nc1cc(Cl)n(C2C3CC4CC(C3)CC2C4)n1. The van der Waals surface area contributed by atoms with Gasteiger partial charge < -0.3 is 5.73 Å². The van der Waals surface area contributed by atoms with E-state index in [0.29, 0.717) is 11.9 Å². The fraction of sp³-hybridized carbons (Fsp3) is 0.769. The van der Waals surface area contributed by atoms with Crippen molar-refractivity contribution in [2.75, 3.05) is 5.73 Å². The van der Waals surface area contributed by atoms with Crippen LogP contribution in [0.2, 0.25) is 5.15 Å². The average molecular weight is 252 g/mol. The molecule has 0 aliphatic heterocycles. The van der Waals surface area contributed by atoms with E-state index in [4.69, 9.17) is 17.3 Å². The molecule has 4 aliphatic rings. The quantitative estimate of drug-likeness (QED) is 0.834. The van der Waals surface area contributed by atoms with E-state index in [1.165, 1.54) is 32.1 Å². The van der Waals surface area contributed by atoms with E-state index < -0.39 is 0 Å². The van der Waals surface area contributed by atoms with E-state index in [0.717, 1.165) is 28.8 Å². The van der Waals surface area contributed by atoms with Crippen LogP contribution in [0.5, 0.6) is 0 Å². The van der Waals surface area contributed by atoms with Crippen molar-refractivity contribution in [1.82, 2.24) is 9.78 Å². The number of rotatable bonds is 1. The van der Waals surface area contributed by atoms with E-state index >= 15 is 0 Å². The van der Waals surface area contributed by atoms with Gasteiger partial charge in [0.1, 0.15) is 11.0 Å². The molecule has 4 fully saturated rings. The topological polar surface area (TPSA) is 43.8 Å². The highest BCUT2D eigenvalue weighted by Gasteiger charge is 2.49. The molecule has 5 rings (SSSR count). The molecule has 92 valence electrons. The van der Waals surface area contributed by atoms with Crippen molar-refractivity contribution in [3.63, 3.8) is 0 Å². The lowest BCUT2D eigenvalue weighted by molar-refractivity contribution is -0.0334. The molecule has 0 spiro atoms. The van der Waals surface area contributed by atoms with Gasteiger partial charge in [0.2, 0.25) is 0 Å². The van der Waals surface area contributed by atoms with E-state index in [2.05, 4.69) is 5.10 Å². The number of anilines is 1. The van der Waals surface area contributed by atoms with E-state index in [1.54, 1.807) is 6.07 Å². The summed E-state index contributed by atoms with van der Waals surface area (Å²) in [7, 11) is 0. The van der Waals surface area contributed by atoms with Gasteiger partial charge in [0.05, 0.1) is 6.04 Å². The van der Waals surface area contributed by atoms with Gasteiger partial charge in [0, 0.05) is 6.07 Å². The van der Waals surface area contributed by atoms with Gasteiger partial charge in [-0.2, -0.15) is 5.10 Å². The number of hydrogen-bond donors (Lipinski definition) is 1. The van der Waals surface area contributed by atoms with Gasteiger partial charge in [-0.15, -0.1) is 0 Å². The Bertz CT molecular complexity index is 426. The second kappa shape index (κ2) is 3.41. The van der Waals surface area contributed by atoms with Crippen LogP contribution in [-0.4, -0.2) is 9.78 Å². The summed E-state index contributed by atoms with van der Waals surface area (Å²) >= 11 is 6.26. The Balaban J connectivity index is 1.72. The van der Waals surface area contributed by atoms with Gasteiger partial charge >= 0.3 is 0 Å². The van der Waals surface area contributed by atoms with Crippen LogP contribution < -0.4 is 5.73 Å². The minimum absolute atomic E-state index is 0.521. The molecule has 4 saturated carbocycles. The molecule has 0 atom stereocenters. The van der Waals surface area contributed by atoms with Crippen LogP contribution in [0.3, 0.4) is 0 Å².